The number of thiophene rings is 1. The molecule has 0 radical (unpaired) electrons. The van der Waals surface area contributed by atoms with Crippen molar-refractivity contribution in [1.82, 2.24) is 20.3 Å². The number of amides is 1. The molecule has 2 aromatic carbocycles. The highest BCUT2D eigenvalue weighted by Crippen LogP contribution is 2.27. The fraction of sp³-hybridized carbons (Fsp3) is 0.320. The Morgan fingerprint density at radius 1 is 1.10 bits per heavy atom. The zero-order valence-electron chi connectivity index (χ0n) is 17.9. The summed E-state index contributed by atoms with van der Waals surface area (Å²) < 4.78 is 3.09. The van der Waals surface area contributed by atoms with Crippen molar-refractivity contribution in [2.24, 2.45) is 0 Å². The lowest BCUT2D eigenvalue weighted by Gasteiger charge is -2.06. The topological polar surface area (TPSA) is 59.8 Å². The van der Waals surface area contributed by atoms with Crippen LogP contribution in [0.2, 0.25) is 0 Å². The van der Waals surface area contributed by atoms with E-state index in [-0.39, 0.29) is 5.91 Å². The standard InChI is InChI=1S/C25H28N4OS/c1-2-3-4-7-19-10-12-20(13-11-19)25(30)26-14-15-29-17-22(27-28-29)16-21-18-31-24-9-6-5-8-23(21)24/h5-6,8-13,17-18H,2-4,7,14-16H2,1H3,(H,26,30). The van der Waals surface area contributed by atoms with Crippen LogP contribution < -0.4 is 5.32 Å². The van der Waals surface area contributed by atoms with Gasteiger partial charge in [-0.15, -0.1) is 16.4 Å². The van der Waals surface area contributed by atoms with E-state index in [0.29, 0.717) is 18.7 Å². The molecule has 0 atom stereocenters. The molecule has 1 amide bonds. The van der Waals surface area contributed by atoms with E-state index in [9.17, 15) is 4.79 Å². The molecule has 5 nitrogen and oxygen atoms in total. The van der Waals surface area contributed by atoms with Gasteiger partial charge in [-0.05, 0) is 52.9 Å². The molecule has 160 valence electrons. The van der Waals surface area contributed by atoms with Crippen molar-refractivity contribution in [3.8, 4) is 0 Å². The monoisotopic (exact) mass is 432 g/mol. The minimum Gasteiger partial charge on any atom is -0.350 e. The molecule has 0 aliphatic heterocycles. The van der Waals surface area contributed by atoms with Gasteiger partial charge >= 0.3 is 0 Å². The summed E-state index contributed by atoms with van der Waals surface area (Å²) in [6, 6.07) is 16.4. The van der Waals surface area contributed by atoms with Gasteiger partial charge in [0, 0.05) is 29.4 Å². The third-order valence-corrected chi connectivity index (χ3v) is 6.44. The Hall–Kier alpha value is -2.99. The van der Waals surface area contributed by atoms with Crippen LogP contribution in [0.15, 0.2) is 60.1 Å². The summed E-state index contributed by atoms with van der Waals surface area (Å²) in [5.74, 6) is -0.0508. The van der Waals surface area contributed by atoms with Gasteiger partial charge in [0.1, 0.15) is 0 Å². The van der Waals surface area contributed by atoms with Gasteiger partial charge < -0.3 is 5.32 Å². The normalized spacial score (nSPS) is 11.1. The van der Waals surface area contributed by atoms with E-state index in [4.69, 9.17) is 0 Å². The first-order chi connectivity index (χ1) is 15.2. The van der Waals surface area contributed by atoms with Crippen LogP contribution in [0.1, 0.15) is 53.4 Å². The quantitative estimate of drug-likeness (QED) is 0.348. The van der Waals surface area contributed by atoms with Gasteiger partial charge in [0.2, 0.25) is 0 Å². The molecule has 0 unspecified atom stereocenters. The van der Waals surface area contributed by atoms with Crippen molar-refractivity contribution >= 4 is 27.3 Å². The lowest BCUT2D eigenvalue weighted by molar-refractivity contribution is 0.0952. The third kappa shape index (κ3) is 5.58. The van der Waals surface area contributed by atoms with Crippen molar-refractivity contribution in [2.45, 2.75) is 45.6 Å². The molecule has 2 heterocycles. The van der Waals surface area contributed by atoms with Gasteiger partial charge in [-0.2, -0.15) is 0 Å². The number of aromatic nitrogens is 3. The second kappa shape index (κ2) is 10.4. The summed E-state index contributed by atoms with van der Waals surface area (Å²) in [6.07, 6.45) is 7.47. The fourth-order valence-electron chi connectivity index (χ4n) is 3.68. The van der Waals surface area contributed by atoms with E-state index >= 15 is 0 Å². The van der Waals surface area contributed by atoms with Crippen LogP contribution in [0.5, 0.6) is 0 Å². The van der Waals surface area contributed by atoms with Crippen molar-refractivity contribution in [3.63, 3.8) is 0 Å². The number of carbonyl (C=O) groups excluding carboxylic acids is 1. The number of rotatable bonds is 10. The predicted octanol–water partition coefficient (Wildman–Crippen LogP) is 5.25. The Kier molecular flexibility index (Phi) is 7.10. The summed E-state index contributed by atoms with van der Waals surface area (Å²) in [5, 5.41) is 15.0. The van der Waals surface area contributed by atoms with Gasteiger partial charge in [0.15, 0.2) is 0 Å². The maximum absolute atomic E-state index is 12.4. The average molecular weight is 433 g/mol. The zero-order valence-corrected chi connectivity index (χ0v) is 18.7. The molecule has 0 spiro atoms. The highest BCUT2D eigenvalue weighted by Gasteiger charge is 2.09. The maximum Gasteiger partial charge on any atom is 0.251 e. The van der Waals surface area contributed by atoms with E-state index in [0.717, 1.165) is 18.5 Å². The van der Waals surface area contributed by atoms with E-state index in [2.05, 4.69) is 64.3 Å². The highest BCUT2D eigenvalue weighted by molar-refractivity contribution is 7.17. The number of hydrogen-bond donors (Lipinski definition) is 1. The second-order valence-electron chi connectivity index (χ2n) is 7.82. The summed E-state index contributed by atoms with van der Waals surface area (Å²) >= 11 is 1.76. The number of hydrogen-bond acceptors (Lipinski definition) is 4. The number of fused-ring (bicyclic) bond motifs is 1. The van der Waals surface area contributed by atoms with E-state index in [1.807, 2.05) is 18.3 Å². The van der Waals surface area contributed by atoms with E-state index < -0.39 is 0 Å². The molecular formula is C25H28N4OS. The smallest absolute Gasteiger partial charge is 0.251 e. The average Bonchev–Trinajstić information content (AvgIpc) is 3.42. The van der Waals surface area contributed by atoms with Crippen molar-refractivity contribution in [2.75, 3.05) is 6.54 Å². The number of nitrogens with one attached hydrogen (secondary N) is 1. The van der Waals surface area contributed by atoms with Crippen LogP contribution in [0.3, 0.4) is 0 Å². The van der Waals surface area contributed by atoms with Crippen LogP contribution in [0.25, 0.3) is 10.1 Å². The highest BCUT2D eigenvalue weighted by atomic mass is 32.1. The Balaban J connectivity index is 1.25. The van der Waals surface area contributed by atoms with Crippen molar-refractivity contribution in [1.29, 1.82) is 0 Å². The first-order valence-electron chi connectivity index (χ1n) is 10.9. The Morgan fingerprint density at radius 3 is 2.77 bits per heavy atom. The first kappa shape index (κ1) is 21.2. The first-order valence-corrected chi connectivity index (χ1v) is 11.8. The minimum atomic E-state index is -0.0508. The van der Waals surface area contributed by atoms with Gasteiger partial charge in [-0.25, -0.2) is 0 Å². The lowest BCUT2D eigenvalue weighted by Crippen LogP contribution is -2.27. The van der Waals surface area contributed by atoms with Crippen molar-refractivity contribution in [3.05, 3.63) is 82.5 Å². The van der Waals surface area contributed by atoms with Crippen LogP contribution in [-0.2, 0) is 19.4 Å². The summed E-state index contributed by atoms with van der Waals surface area (Å²) in [5.41, 5.74) is 4.20. The third-order valence-electron chi connectivity index (χ3n) is 5.43. The Morgan fingerprint density at radius 2 is 1.94 bits per heavy atom. The SMILES string of the molecule is CCCCCc1ccc(C(=O)NCCn2cc(Cc3csc4ccccc34)nn2)cc1. The molecule has 0 bridgehead atoms. The molecule has 0 saturated heterocycles. The summed E-state index contributed by atoms with van der Waals surface area (Å²) in [7, 11) is 0. The number of carbonyl (C=O) groups is 1. The Labute approximate surface area is 187 Å². The van der Waals surface area contributed by atoms with Gasteiger partial charge in [0.25, 0.3) is 5.91 Å². The molecule has 4 aromatic rings. The van der Waals surface area contributed by atoms with E-state index in [1.54, 1.807) is 16.0 Å². The molecule has 0 aliphatic rings. The molecule has 31 heavy (non-hydrogen) atoms. The minimum absolute atomic E-state index is 0.0508. The molecule has 0 saturated carbocycles. The second-order valence-corrected chi connectivity index (χ2v) is 8.73. The van der Waals surface area contributed by atoms with Crippen LogP contribution in [-0.4, -0.2) is 27.4 Å². The summed E-state index contributed by atoms with van der Waals surface area (Å²) in [4.78, 5) is 12.4. The largest absolute Gasteiger partial charge is 0.350 e. The summed E-state index contributed by atoms with van der Waals surface area (Å²) in [6.45, 7) is 3.32. The van der Waals surface area contributed by atoms with Gasteiger partial charge in [0.05, 0.1) is 12.2 Å². The van der Waals surface area contributed by atoms with Gasteiger partial charge in [-0.3, -0.25) is 9.48 Å². The molecule has 4 rings (SSSR count). The number of aryl methyl sites for hydroxylation is 1. The molecule has 0 aliphatic carbocycles. The van der Waals surface area contributed by atoms with Crippen LogP contribution in [0, 0.1) is 0 Å². The molecule has 1 N–H and O–H groups in total. The van der Waals surface area contributed by atoms with Crippen LogP contribution in [0.4, 0.5) is 0 Å². The lowest BCUT2D eigenvalue weighted by atomic mass is 10.1. The van der Waals surface area contributed by atoms with Crippen molar-refractivity contribution < 1.29 is 4.79 Å². The van der Waals surface area contributed by atoms with Crippen LogP contribution >= 0.6 is 11.3 Å². The number of nitrogens with zero attached hydrogens (tertiary/aromatic N) is 3. The molecule has 0 fully saturated rings. The molecule has 6 heteroatoms. The molecular weight excluding hydrogens is 404 g/mol. The zero-order chi connectivity index (χ0) is 21.5. The fourth-order valence-corrected chi connectivity index (χ4v) is 4.64. The number of benzene rings is 2. The Bertz CT molecular complexity index is 1130. The maximum atomic E-state index is 12.4. The molecule has 2 aromatic heterocycles. The van der Waals surface area contributed by atoms with E-state index in [1.165, 1.54) is 40.5 Å². The van der Waals surface area contributed by atoms with Gasteiger partial charge in [-0.1, -0.05) is 55.3 Å². The predicted molar refractivity (Wildman–Crippen MR) is 127 cm³/mol. The number of unbranched alkanes of at least 4 members (excludes halogenated alkanes) is 2.